The van der Waals surface area contributed by atoms with Crippen molar-refractivity contribution in [1.29, 1.82) is 0 Å². The van der Waals surface area contributed by atoms with E-state index >= 15 is 0 Å². The molecule has 1 aromatic carbocycles. The summed E-state index contributed by atoms with van der Waals surface area (Å²) in [5.41, 5.74) is 1.37. The summed E-state index contributed by atoms with van der Waals surface area (Å²) in [6, 6.07) is 10.6. The van der Waals surface area contributed by atoms with Gasteiger partial charge in [-0.2, -0.15) is 0 Å². The van der Waals surface area contributed by atoms with Crippen molar-refractivity contribution in [3.8, 4) is 0 Å². The Balaban J connectivity index is 0.00000529. The van der Waals surface area contributed by atoms with Crippen LogP contribution in [0.2, 0.25) is 0 Å². The monoisotopic (exact) mass is 448 g/mol. The van der Waals surface area contributed by atoms with Crippen molar-refractivity contribution in [3.63, 3.8) is 0 Å². The highest BCUT2D eigenvalue weighted by atomic mass is 127. The summed E-state index contributed by atoms with van der Waals surface area (Å²) in [6.07, 6.45) is 0. The Kier molecular flexibility index (Phi) is 12.0. The number of nitrogens with zero attached hydrogens (tertiary/aromatic N) is 2. The van der Waals surface area contributed by atoms with Gasteiger partial charge in [0.05, 0.1) is 6.61 Å². The molecule has 0 fully saturated rings. The second-order valence-corrected chi connectivity index (χ2v) is 6.40. The van der Waals surface area contributed by atoms with Crippen LogP contribution < -0.4 is 10.6 Å². The molecule has 0 aliphatic heterocycles. The summed E-state index contributed by atoms with van der Waals surface area (Å²) in [5, 5.41) is 6.78. The minimum absolute atomic E-state index is 0. The first-order valence-corrected chi connectivity index (χ1v) is 8.17. The van der Waals surface area contributed by atoms with Crippen LogP contribution in [-0.4, -0.2) is 64.9 Å². The smallest absolute Gasteiger partial charge is 0.191 e. The van der Waals surface area contributed by atoms with Gasteiger partial charge in [0.1, 0.15) is 0 Å². The number of hydrogen-bond acceptors (Lipinski definition) is 3. The Labute approximate surface area is 164 Å². The van der Waals surface area contributed by atoms with Crippen molar-refractivity contribution in [1.82, 2.24) is 15.5 Å². The van der Waals surface area contributed by atoms with Gasteiger partial charge in [-0.3, -0.25) is 4.99 Å². The average Bonchev–Trinajstić information content (AvgIpc) is 2.56. The molecular formula is C18H33IN4O. The molecule has 0 aromatic heterocycles. The van der Waals surface area contributed by atoms with Gasteiger partial charge in [-0.25, -0.2) is 0 Å². The second-order valence-electron chi connectivity index (χ2n) is 6.40. The molecule has 0 saturated carbocycles. The van der Waals surface area contributed by atoms with E-state index in [9.17, 15) is 0 Å². The molecule has 0 amide bonds. The lowest BCUT2D eigenvalue weighted by atomic mass is 9.85. The van der Waals surface area contributed by atoms with Crippen molar-refractivity contribution in [2.24, 2.45) is 4.99 Å². The highest BCUT2D eigenvalue weighted by Crippen LogP contribution is 2.21. The minimum Gasteiger partial charge on any atom is -0.383 e. The predicted molar refractivity (Wildman–Crippen MR) is 114 cm³/mol. The zero-order valence-electron chi connectivity index (χ0n) is 15.6. The molecule has 138 valence electrons. The molecule has 0 unspecified atom stereocenters. The third-order valence-electron chi connectivity index (χ3n) is 3.94. The van der Waals surface area contributed by atoms with E-state index in [1.807, 2.05) is 6.07 Å². The van der Waals surface area contributed by atoms with Gasteiger partial charge >= 0.3 is 0 Å². The first-order valence-electron chi connectivity index (χ1n) is 8.17. The van der Waals surface area contributed by atoms with Gasteiger partial charge in [-0.1, -0.05) is 44.2 Å². The van der Waals surface area contributed by atoms with Gasteiger partial charge < -0.3 is 20.3 Å². The third kappa shape index (κ3) is 8.84. The van der Waals surface area contributed by atoms with Gasteiger partial charge in [0.2, 0.25) is 0 Å². The molecule has 0 heterocycles. The van der Waals surface area contributed by atoms with Crippen LogP contribution in [0.1, 0.15) is 19.4 Å². The molecule has 0 aliphatic rings. The summed E-state index contributed by atoms with van der Waals surface area (Å²) in [5.74, 6) is 0.842. The Morgan fingerprint density at radius 1 is 1.17 bits per heavy atom. The molecular weight excluding hydrogens is 415 g/mol. The minimum atomic E-state index is 0. The topological polar surface area (TPSA) is 48.9 Å². The lowest BCUT2D eigenvalue weighted by Crippen LogP contribution is -2.45. The number of aliphatic imine (C=N–C) groups is 1. The number of halogens is 1. The fourth-order valence-corrected chi connectivity index (χ4v) is 2.24. The number of methoxy groups -OCH3 is 1. The van der Waals surface area contributed by atoms with E-state index in [1.54, 1.807) is 14.2 Å². The summed E-state index contributed by atoms with van der Waals surface area (Å²) in [4.78, 5) is 6.53. The van der Waals surface area contributed by atoms with Crippen LogP contribution in [0.25, 0.3) is 0 Å². The third-order valence-corrected chi connectivity index (χ3v) is 3.94. The number of guanidine groups is 1. The molecule has 0 radical (unpaired) electrons. The maximum absolute atomic E-state index is 5.08. The van der Waals surface area contributed by atoms with Gasteiger partial charge in [0.25, 0.3) is 0 Å². The summed E-state index contributed by atoms with van der Waals surface area (Å²) < 4.78 is 5.08. The Morgan fingerprint density at radius 2 is 1.83 bits per heavy atom. The molecule has 1 rings (SSSR count). The number of benzene rings is 1. The van der Waals surface area contributed by atoms with Crippen molar-refractivity contribution >= 4 is 29.9 Å². The lowest BCUT2D eigenvalue weighted by Gasteiger charge is -2.27. The number of rotatable bonds is 9. The van der Waals surface area contributed by atoms with E-state index in [2.05, 4.69) is 65.7 Å². The fourth-order valence-electron chi connectivity index (χ4n) is 2.24. The van der Waals surface area contributed by atoms with E-state index in [0.717, 1.165) is 38.7 Å². The summed E-state index contributed by atoms with van der Waals surface area (Å²) in [6.45, 7) is 8.80. The fraction of sp³-hybridized carbons (Fsp3) is 0.611. The Morgan fingerprint density at radius 3 is 2.42 bits per heavy atom. The van der Waals surface area contributed by atoms with E-state index < -0.39 is 0 Å². The van der Waals surface area contributed by atoms with Crippen LogP contribution in [-0.2, 0) is 10.2 Å². The first kappa shape index (κ1) is 23.1. The summed E-state index contributed by atoms with van der Waals surface area (Å²) >= 11 is 0. The van der Waals surface area contributed by atoms with E-state index in [-0.39, 0.29) is 29.4 Å². The normalized spacial score (nSPS) is 12.0. The van der Waals surface area contributed by atoms with Gasteiger partial charge in [-0.05, 0) is 12.6 Å². The Bertz CT molecular complexity index is 465. The zero-order chi connectivity index (χ0) is 17.1. The highest BCUT2D eigenvalue weighted by molar-refractivity contribution is 14.0. The predicted octanol–water partition coefficient (Wildman–Crippen LogP) is 2.33. The summed E-state index contributed by atoms with van der Waals surface area (Å²) in [7, 11) is 5.63. The number of likely N-dealkylation sites (N-methyl/N-ethyl adjacent to an activating group) is 1. The molecule has 0 saturated heterocycles. The molecule has 1 aromatic rings. The lowest BCUT2D eigenvalue weighted by molar-refractivity contribution is 0.162. The first-order chi connectivity index (χ1) is 11.0. The number of ether oxygens (including phenoxy) is 1. The average molecular weight is 448 g/mol. The van der Waals surface area contributed by atoms with Crippen LogP contribution in [0.5, 0.6) is 0 Å². The quantitative estimate of drug-likeness (QED) is 0.346. The standard InChI is InChI=1S/C18H32N4O.HI/c1-18(2,16-9-7-6-8-10-16)15-21-17(19-3)20-11-12-22(4)13-14-23-5;/h6-10H,11-15H2,1-5H3,(H2,19,20,21);1H. The van der Waals surface area contributed by atoms with Crippen molar-refractivity contribution in [2.75, 3.05) is 54.0 Å². The second kappa shape index (κ2) is 12.5. The van der Waals surface area contributed by atoms with Crippen molar-refractivity contribution in [3.05, 3.63) is 35.9 Å². The van der Waals surface area contributed by atoms with Crippen LogP contribution in [0.3, 0.4) is 0 Å². The van der Waals surface area contributed by atoms with Crippen molar-refractivity contribution < 1.29 is 4.74 Å². The maximum atomic E-state index is 5.08. The maximum Gasteiger partial charge on any atom is 0.191 e. The molecule has 0 bridgehead atoms. The molecule has 24 heavy (non-hydrogen) atoms. The van der Waals surface area contributed by atoms with E-state index in [1.165, 1.54) is 5.56 Å². The van der Waals surface area contributed by atoms with Crippen LogP contribution in [0.15, 0.2) is 35.3 Å². The number of hydrogen-bond donors (Lipinski definition) is 2. The SMILES string of the molecule is CN=C(NCCN(C)CCOC)NCC(C)(C)c1ccccc1.I. The van der Waals surface area contributed by atoms with Crippen LogP contribution in [0.4, 0.5) is 0 Å². The highest BCUT2D eigenvalue weighted by Gasteiger charge is 2.20. The van der Waals surface area contributed by atoms with Gasteiger partial charge in [0, 0.05) is 45.8 Å². The van der Waals surface area contributed by atoms with E-state index in [0.29, 0.717) is 0 Å². The zero-order valence-corrected chi connectivity index (χ0v) is 18.0. The van der Waals surface area contributed by atoms with Crippen LogP contribution >= 0.6 is 24.0 Å². The van der Waals surface area contributed by atoms with Crippen LogP contribution in [0, 0.1) is 0 Å². The molecule has 0 spiro atoms. The van der Waals surface area contributed by atoms with Crippen molar-refractivity contribution in [2.45, 2.75) is 19.3 Å². The van der Waals surface area contributed by atoms with Gasteiger partial charge in [-0.15, -0.1) is 24.0 Å². The molecule has 2 N–H and O–H groups in total. The van der Waals surface area contributed by atoms with E-state index in [4.69, 9.17) is 4.74 Å². The Hall–Kier alpha value is -0.860. The molecule has 5 nitrogen and oxygen atoms in total. The molecule has 0 atom stereocenters. The number of nitrogens with one attached hydrogen (secondary N) is 2. The molecule has 6 heteroatoms. The van der Waals surface area contributed by atoms with Gasteiger partial charge in [0.15, 0.2) is 5.96 Å². The molecule has 0 aliphatic carbocycles. The largest absolute Gasteiger partial charge is 0.383 e.